The lowest BCUT2D eigenvalue weighted by molar-refractivity contribution is 0.414. The number of para-hydroxylation sites is 1. The Balaban J connectivity index is 1.78. The third kappa shape index (κ3) is 3.26. The number of benzene rings is 2. The summed E-state index contributed by atoms with van der Waals surface area (Å²) in [5, 5.41) is 18.7. The number of aromatic nitrogens is 4. The Hall–Kier alpha value is -3.22. The number of ether oxygens (including phenoxy) is 1. The highest BCUT2D eigenvalue weighted by Gasteiger charge is 2.04. The van der Waals surface area contributed by atoms with Crippen LogP contribution in [0.4, 0.5) is 11.6 Å². The van der Waals surface area contributed by atoms with Gasteiger partial charge in [0.15, 0.2) is 0 Å². The Morgan fingerprint density at radius 1 is 1.14 bits per heavy atom. The van der Waals surface area contributed by atoms with Gasteiger partial charge >= 0.3 is 0 Å². The van der Waals surface area contributed by atoms with E-state index in [2.05, 4.69) is 25.9 Å². The van der Waals surface area contributed by atoms with E-state index in [4.69, 9.17) is 4.74 Å². The maximum absolute atomic E-state index is 5.17. The smallest absolute Gasteiger partial charge is 0.269 e. The van der Waals surface area contributed by atoms with Gasteiger partial charge in [0.2, 0.25) is 0 Å². The number of tetrazole rings is 1. The van der Waals surface area contributed by atoms with Crippen molar-refractivity contribution in [3.63, 3.8) is 0 Å². The van der Waals surface area contributed by atoms with Crippen molar-refractivity contribution in [3.05, 3.63) is 60.2 Å². The van der Waals surface area contributed by atoms with Crippen LogP contribution in [-0.2, 0) is 0 Å². The van der Waals surface area contributed by atoms with Crippen molar-refractivity contribution >= 4 is 17.9 Å². The minimum absolute atomic E-state index is 0.436. The minimum atomic E-state index is 0.436. The molecule has 3 aromatic rings. The van der Waals surface area contributed by atoms with Crippen molar-refractivity contribution in [1.29, 1.82) is 0 Å². The summed E-state index contributed by atoms with van der Waals surface area (Å²) in [5.41, 5.74) is 1.77. The lowest BCUT2D eigenvalue weighted by atomic mass is 10.2. The number of hydrogen-bond donors (Lipinski definition) is 1. The zero-order chi connectivity index (χ0) is 15.2. The fourth-order valence-corrected chi connectivity index (χ4v) is 1.83. The zero-order valence-electron chi connectivity index (χ0n) is 11.9. The standard InChI is InChI=1S/C15H14N6O/c1-22-14-9-5-6-12(10-14)11-16-21-15(18-19-20-21)17-13-7-3-2-4-8-13/h2-11H,1H3,(H,17,18,20)/b16-11+. The second-order valence-corrected chi connectivity index (χ2v) is 4.40. The fourth-order valence-electron chi connectivity index (χ4n) is 1.83. The van der Waals surface area contributed by atoms with Gasteiger partial charge in [0.05, 0.1) is 13.3 Å². The predicted molar refractivity (Wildman–Crippen MR) is 83.5 cm³/mol. The molecule has 3 rings (SSSR count). The molecule has 0 radical (unpaired) electrons. The van der Waals surface area contributed by atoms with Crippen LogP contribution in [0.25, 0.3) is 0 Å². The van der Waals surface area contributed by atoms with Crippen LogP contribution in [0, 0.1) is 0 Å². The van der Waals surface area contributed by atoms with Crippen LogP contribution in [0.3, 0.4) is 0 Å². The van der Waals surface area contributed by atoms with Gasteiger partial charge in [-0.25, -0.2) is 0 Å². The Morgan fingerprint density at radius 2 is 2.00 bits per heavy atom. The number of rotatable bonds is 5. The van der Waals surface area contributed by atoms with Gasteiger partial charge < -0.3 is 10.1 Å². The van der Waals surface area contributed by atoms with Gasteiger partial charge in [-0.2, -0.15) is 5.10 Å². The van der Waals surface area contributed by atoms with Crippen molar-refractivity contribution in [1.82, 2.24) is 20.3 Å². The maximum Gasteiger partial charge on any atom is 0.269 e. The Bertz CT molecular complexity index is 768. The van der Waals surface area contributed by atoms with Gasteiger partial charge in [-0.3, -0.25) is 0 Å². The highest BCUT2D eigenvalue weighted by atomic mass is 16.5. The van der Waals surface area contributed by atoms with Crippen LogP contribution >= 0.6 is 0 Å². The molecule has 7 heteroatoms. The van der Waals surface area contributed by atoms with E-state index in [9.17, 15) is 0 Å². The molecule has 1 heterocycles. The number of nitrogens with zero attached hydrogens (tertiary/aromatic N) is 5. The van der Waals surface area contributed by atoms with E-state index in [-0.39, 0.29) is 0 Å². The Labute approximate surface area is 127 Å². The summed E-state index contributed by atoms with van der Waals surface area (Å²) in [5.74, 6) is 1.20. The third-order valence-corrected chi connectivity index (χ3v) is 2.89. The molecule has 0 spiro atoms. The molecular weight excluding hydrogens is 280 g/mol. The van der Waals surface area contributed by atoms with Crippen molar-refractivity contribution in [2.75, 3.05) is 12.4 Å². The average molecular weight is 294 g/mol. The average Bonchev–Trinajstić information content (AvgIpc) is 3.01. The first kappa shape index (κ1) is 13.7. The molecule has 2 aromatic carbocycles. The topological polar surface area (TPSA) is 77.2 Å². The van der Waals surface area contributed by atoms with Gasteiger partial charge in [-0.1, -0.05) is 40.2 Å². The number of anilines is 2. The van der Waals surface area contributed by atoms with Gasteiger partial charge in [-0.15, -0.1) is 0 Å². The van der Waals surface area contributed by atoms with E-state index in [0.717, 1.165) is 17.0 Å². The number of hydrogen-bond acceptors (Lipinski definition) is 6. The van der Waals surface area contributed by atoms with Gasteiger partial charge in [0.25, 0.3) is 5.95 Å². The molecule has 0 amide bonds. The van der Waals surface area contributed by atoms with Crippen molar-refractivity contribution < 1.29 is 4.74 Å². The van der Waals surface area contributed by atoms with Crippen molar-refractivity contribution in [2.45, 2.75) is 0 Å². The summed E-state index contributed by atoms with van der Waals surface area (Å²) < 4.78 is 5.17. The SMILES string of the molecule is COc1cccc(/C=N/n2nnnc2Nc2ccccc2)c1. The predicted octanol–water partition coefficient (Wildman–Crippen LogP) is 2.31. The van der Waals surface area contributed by atoms with E-state index in [0.29, 0.717) is 5.95 Å². The normalized spacial score (nSPS) is 10.8. The van der Waals surface area contributed by atoms with Crippen molar-refractivity contribution in [3.8, 4) is 5.75 Å². The first-order valence-corrected chi connectivity index (χ1v) is 6.64. The molecule has 0 bridgehead atoms. The van der Waals surface area contributed by atoms with E-state index >= 15 is 0 Å². The molecule has 0 fully saturated rings. The van der Waals surface area contributed by atoms with Gasteiger partial charge in [-0.05, 0) is 40.3 Å². The second kappa shape index (κ2) is 6.49. The summed E-state index contributed by atoms with van der Waals surface area (Å²) in [6.45, 7) is 0. The van der Waals surface area contributed by atoms with E-state index in [1.54, 1.807) is 13.3 Å². The Morgan fingerprint density at radius 3 is 2.82 bits per heavy atom. The monoisotopic (exact) mass is 294 g/mol. The molecule has 1 N–H and O–H groups in total. The first-order chi connectivity index (χ1) is 10.8. The molecule has 1 aromatic heterocycles. The molecule has 0 saturated carbocycles. The second-order valence-electron chi connectivity index (χ2n) is 4.40. The summed E-state index contributed by atoms with van der Waals surface area (Å²) in [4.78, 5) is 1.33. The van der Waals surface area contributed by atoms with E-state index in [1.165, 1.54) is 4.79 Å². The highest BCUT2D eigenvalue weighted by Crippen LogP contribution is 2.13. The highest BCUT2D eigenvalue weighted by molar-refractivity contribution is 5.80. The van der Waals surface area contributed by atoms with Crippen LogP contribution in [0.1, 0.15) is 5.56 Å². The quantitative estimate of drug-likeness (QED) is 0.731. The zero-order valence-corrected chi connectivity index (χ0v) is 11.9. The molecule has 7 nitrogen and oxygen atoms in total. The molecule has 110 valence electrons. The first-order valence-electron chi connectivity index (χ1n) is 6.64. The molecule has 0 atom stereocenters. The summed E-state index contributed by atoms with van der Waals surface area (Å²) in [7, 11) is 1.62. The number of methoxy groups -OCH3 is 1. The molecule has 0 aliphatic heterocycles. The molecule has 0 unspecified atom stereocenters. The molecule has 0 aliphatic rings. The molecule has 22 heavy (non-hydrogen) atoms. The summed E-state index contributed by atoms with van der Waals surface area (Å²) >= 11 is 0. The maximum atomic E-state index is 5.17. The lowest BCUT2D eigenvalue weighted by Crippen LogP contribution is -2.01. The Kier molecular flexibility index (Phi) is 4.05. The van der Waals surface area contributed by atoms with Gasteiger partial charge in [0, 0.05) is 5.69 Å². The van der Waals surface area contributed by atoms with Gasteiger partial charge in [0.1, 0.15) is 5.75 Å². The van der Waals surface area contributed by atoms with E-state index in [1.807, 2.05) is 54.6 Å². The van der Waals surface area contributed by atoms with Crippen LogP contribution < -0.4 is 10.1 Å². The molecular formula is C15H14N6O. The van der Waals surface area contributed by atoms with Crippen molar-refractivity contribution in [2.24, 2.45) is 5.10 Å². The van der Waals surface area contributed by atoms with Crippen LogP contribution in [0.2, 0.25) is 0 Å². The molecule has 0 aliphatic carbocycles. The van der Waals surface area contributed by atoms with Crippen LogP contribution in [0.15, 0.2) is 59.7 Å². The lowest BCUT2D eigenvalue weighted by Gasteiger charge is -2.03. The van der Waals surface area contributed by atoms with Crippen LogP contribution in [0.5, 0.6) is 5.75 Å². The molecule has 0 saturated heterocycles. The summed E-state index contributed by atoms with van der Waals surface area (Å²) in [6.07, 6.45) is 1.66. The fraction of sp³-hybridized carbons (Fsp3) is 0.0667. The minimum Gasteiger partial charge on any atom is -0.497 e. The summed E-state index contributed by atoms with van der Waals surface area (Å²) in [6, 6.07) is 17.2. The third-order valence-electron chi connectivity index (χ3n) is 2.89. The largest absolute Gasteiger partial charge is 0.497 e. The van der Waals surface area contributed by atoms with E-state index < -0.39 is 0 Å². The van der Waals surface area contributed by atoms with Crippen LogP contribution in [-0.4, -0.2) is 33.6 Å². The number of nitrogens with one attached hydrogen (secondary N) is 1.